The average molecular weight is 171 g/mol. The minimum atomic E-state index is -0.343. The molecule has 0 saturated carbocycles. The van der Waals surface area contributed by atoms with Crippen LogP contribution in [0.3, 0.4) is 0 Å². The third-order valence-electron chi connectivity index (χ3n) is 1.96. The summed E-state index contributed by atoms with van der Waals surface area (Å²) in [5.74, 6) is -0.343. The van der Waals surface area contributed by atoms with Crippen molar-refractivity contribution in [2.75, 3.05) is 6.61 Å². The minimum Gasteiger partial charge on any atom is -0.360 e. The van der Waals surface area contributed by atoms with Crippen LogP contribution in [0.25, 0.3) is 0 Å². The van der Waals surface area contributed by atoms with Crippen LogP contribution in [0.15, 0.2) is 5.16 Å². The molecule has 0 aromatic carbocycles. The molecule has 2 rings (SSSR count). The summed E-state index contributed by atoms with van der Waals surface area (Å²) in [5, 5.41) is 3.86. The van der Waals surface area contributed by atoms with Crippen LogP contribution >= 0.6 is 0 Å². The van der Waals surface area contributed by atoms with E-state index in [2.05, 4.69) is 5.16 Å². The van der Waals surface area contributed by atoms with Crippen LogP contribution in [0, 0.1) is 0 Å². The Morgan fingerprint density at radius 2 is 2.17 bits per heavy atom. The first-order valence-electron chi connectivity index (χ1n) is 4.66. The largest absolute Gasteiger partial charge is 0.360 e. The monoisotopic (exact) mass is 171 g/mol. The summed E-state index contributed by atoms with van der Waals surface area (Å²) in [6.07, 6.45) is 2.95. The Morgan fingerprint density at radius 3 is 2.58 bits per heavy atom. The summed E-state index contributed by atoms with van der Waals surface area (Å²) in [4.78, 5) is 5.18. The zero-order valence-corrected chi connectivity index (χ0v) is 8.09. The highest BCUT2D eigenvalue weighted by Crippen LogP contribution is 2.34. The van der Waals surface area contributed by atoms with Gasteiger partial charge in [0.05, 0.1) is 18.7 Å². The van der Waals surface area contributed by atoms with Crippen molar-refractivity contribution in [2.24, 2.45) is 5.16 Å². The van der Waals surface area contributed by atoms with Gasteiger partial charge in [-0.15, -0.1) is 0 Å². The molecule has 3 nitrogen and oxygen atoms in total. The lowest BCUT2D eigenvalue weighted by Gasteiger charge is -2.18. The van der Waals surface area contributed by atoms with Crippen LogP contribution in [-0.4, -0.2) is 18.1 Å². The number of rotatable bonds is 0. The van der Waals surface area contributed by atoms with Crippen molar-refractivity contribution < 1.29 is 9.57 Å². The van der Waals surface area contributed by atoms with Crippen molar-refractivity contribution in [3.63, 3.8) is 0 Å². The molecule has 0 aromatic rings. The molecule has 0 bridgehead atoms. The maximum Gasteiger partial charge on any atom is 0.242 e. The molecular formula is C9H17NO2. The van der Waals surface area contributed by atoms with Gasteiger partial charge in [0.2, 0.25) is 5.79 Å². The smallest absolute Gasteiger partial charge is 0.242 e. The first kappa shape index (κ1) is 9.52. The third kappa shape index (κ3) is 1.78. The van der Waals surface area contributed by atoms with E-state index in [1.54, 1.807) is 0 Å². The first-order chi connectivity index (χ1) is 5.81. The Bertz CT molecular complexity index is 171. The second-order valence-electron chi connectivity index (χ2n) is 2.96. The van der Waals surface area contributed by atoms with E-state index in [0.717, 1.165) is 31.6 Å². The van der Waals surface area contributed by atoms with E-state index < -0.39 is 0 Å². The Kier molecular flexibility index (Phi) is 3.09. The van der Waals surface area contributed by atoms with E-state index >= 15 is 0 Å². The van der Waals surface area contributed by atoms with Crippen molar-refractivity contribution in [1.82, 2.24) is 0 Å². The highest BCUT2D eigenvalue weighted by atomic mass is 16.8. The van der Waals surface area contributed by atoms with E-state index in [-0.39, 0.29) is 5.79 Å². The molecule has 1 fully saturated rings. The zero-order chi connectivity index (χ0) is 9.03. The normalized spacial score (nSPS) is 32.4. The van der Waals surface area contributed by atoms with Gasteiger partial charge in [0.25, 0.3) is 0 Å². The van der Waals surface area contributed by atoms with Gasteiger partial charge < -0.3 is 9.57 Å². The standard InChI is InChI=1S/C7H11NO2.C2H6/c1-6-5-7(10-8-6)3-2-4-9-7;1-2/h2-5H2,1H3;1-2H3. The second-order valence-corrected chi connectivity index (χ2v) is 2.96. The molecule has 1 atom stereocenters. The molecule has 0 aliphatic carbocycles. The van der Waals surface area contributed by atoms with Gasteiger partial charge >= 0.3 is 0 Å². The molecule has 2 aliphatic heterocycles. The molecule has 1 saturated heterocycles. The second kappa shape index (κ2) is 3.90. The molecule has 3 heteroatoms. The summed E-state index contributed by atoms with van der Waals surface area (Å²) in [6, 6.07) is 0. The third-order valence-corrected chi connectivity index (χ3v) is 1.96. The fourth-order valence-corrected chi connectivity index (χ4v) is 1.50. The topological polar surface area (TPSA) is 30.8 Å². The molecule has 0 aromatic heterocycles. The lowest BCUT2D eigenvalue weighted by atomic mass is 10.1. The highest BCUT2D eigenvalue weighted by molar-refractivity contribution is 5.83. The highest BCUT2D eigenvalue weighted by Gasteiger charge is 2.41. The van der Waals surface area contributed by atoms with Crippen LogP contribution in [0.1, 0.15) is 40.0 Å². The molecule has 2 aliphatic rings. The van der Waals surface area contributed by atoms with Crippen molar-refractivity contribution in [3.05, 3.63) is 0 Å². The Labute approximate surface area is 73.7 Å². The quantitative estimate of drug-likeness (QED) is 0.560. The van der Waals surface area contributed by atoms with Crippen molar-refractivity contribution >= 4 is 5.71 Å². The number of hydrogen-bond acceptors (Lipinski definition) is 3. The van der Waals surface area contributed by atoms with Crippen LogP contribution in [0.5, 0.6) is 0 Å². The van der Waals surface area contributed by atoms with Gasteiger partial charge in [-0.1, -0.05) is 19.0 Å². The van der Waals surface area contributed by atoms with Gasteiger partial charge in [-0.3, -0.25) is 0 Å². The predicted octanol–water partition coefficient (Wildman–Crippen LogP) is 2.32. The number of oxime groups is 1. The van der Waals surface area contributed by atoms with Gasteiger partial charge in [-0.25, -0.2) is 0 Å². The summed E-state index contributed by atoms with van der Waals surface area (Å²) in [6.45, 7) is 6.79. The molecule has 70 valence electrons. The molecule has 0 N–H and O–H groups in total. The maximum absolute atomic E-state index is 5.44. The first-order valence-corrected chi connectivity index (χ1v) is 4.66. The van der Waals surface area contributed by atoms with Crippen LogP contribution in [0.4, 0.5) is 0 Å². The van der Waals surface area contributed by atoms with Gasteiger partial charge in [-0.05, 0) is 13.3 Å². The van der Waals surface area contributed by atoms with Crippen LogP contribution in [-0.2, 0) is 9.57 Å². The predicted molar refractivity (Wildman–Crippen MR) is 48.1 cm³/mol. The number of ether oxygens (including phenoxy) is 1. The molecule has 12 heavy (non-hydrogen) atoms. The van der Waals surface area contributed by atoms with Gasteiger partial charge in [0, 0.05) is 6.42 Å². The van der Waals surface area contributed by atoms with Crippen molar-refractivity contribution in [1.29, 1.82) is 0 Å². The molecule has 1 spiro atoms. The number of nitrogens with zero attached hydrogens (tertiary/aromatic N) is 1. The Balaban J connectivity index is 0.000000336. The maximum atomic E-state index is 5.44. The lowest BCUT2D eigenvalue weighted by Crippen LogP contribution is -2.26. The van der Waals surface area contributed by atoms with E-state index in [1.807, 2.05) is 20.8 Å². The number of hydrogen-bond donors (Lipinski definition) is 0. The SMILES string of the molecule is CC.CC1=NOC2(CCCO2)C1. The fourth-order valence-electron chi connectivity index (χ4n) is 1.50. The Hall–Kier alpha value is -0.570. The minimum absolute atomic E-state index is 0.343. The lowest BCUT2D eigenvalue weighted by molar-refractivity contribution is -0.192. The Morgan fingerprint density at radius 1 is 1.42 bits per heavy atom. The van der Waals surface area contributed by atoms with Crippen LogP contribution < -0.4 is 0 Å². The molecule has 0 amide bonds. The van der Waals surface area contributed by atoms with E-state index in [1.165, 1.54) is 0 Å². The van der Waals surface area contributed by atoms with Crippen molar-refractivity contribution in [3.8, 4) is 0 Å². The van der Waals surface area contributed by atoms with Crippen molar-refractivity contribution in [2.45, 2.75) is 45.8 Å². The van der Waals surface area contributed by atoms with Gasteiger partial charge in [0.15, 0.2) is 0 Å². The fraction of sp³-hybridized carbons (Fsp3) is 0.889. The van der Waals surface area contributed by atoms with Gasteiger partial charge in [-0.2, -0.15) is 0 Å². The van der Waals surface area contributed by atoms with Crippen LogP contribution in [0.2, 0.25) is 0 Å². The molecule has 1 unspecified atom stereocenters. The summed E-state index contributed by atoms with van der Waals surface area (Å²) >= 11 is 0. The summed E-state index contributed by atoms with van der Waals surface area (Å²) in [7, 11) is 0. The molecule has 0 radical (unpaired) electrons. The van der Waals surface area contributed by atoms with E-state index in [9.17, 15) is 0 Å². The average Bonchev–Trinajstić information content (AvgIpc) is 2.68. The van der Waals surface area contributed by atoms with E-state index in [4.69, 9.17) is 9.57 Å². The summed E-state index contributed by atoms with van der Waals surface area (Å²) in [5.41, 5.74) is 1.04. The van der Waals surface area contributed by atoms with E-state index in [0.29, 0.717) is 0 Å². The molecular weight excluding hydrogens is 154 g/mol. The summed E-state index contributed by atoms with van der Waals surface area (Å²) < 4.78 is 5.44. The zero-order valence-electron chi connectivity index (χ0n) is 8.09. The molecule has 2 heterocycles. The van der Waals surface area contributed by atoms with Gasteiger partial charge in [0.1, 0.15) is 0 Å².